The van der Waals surface area contributed by atoms with Gasteiger partial charge < -0.3 is 19.5 Å². The third kappa shape index (κ3) is 5.83. The zero-order chi connectivity index (χ0) is 18.2. The van der Waals surface area contributed by atoms with Crippen molar-refractivity contribution in [3.05, 3.63) is 29.8 Å². The molecule has 6 nitrogen and oxygen atoms in total. The second-order valence-electron chi connectivity index (χ2n) is 6.50. The molecule has 138 valence electrons. The van der Waals surface area contributed by atoms with Crippen LogP contribution in [-0.4, -0.2) is 55.8 Å². The molecule has 1 aliphatic rings. The summed E-state index contributed by atoms with van der Waals surface area (Å²) in [6.07, 6.45) is 0.957. The largest absolute Gasteiger partial charge is 0.490 e. The summed E-state index contributed by atoms with van der Waals surface area (Å²) in [6, 6.07) is 7.05. The predicted octanol–water partition coefficient (Wildman–Crippen LogP) is 0.487. The summed E-state index contributed by atoms with van der Waals surface area (Å²) in [4.78, 5) is 24.6. The number of piperidine rings is 1. The molecule has 0 bridgehead atoms. The highest BCUT2D eigenvalue weighted by atomic mass is 16.5. The number of nitrogens with one attached hydrogen (secondary N) is 1. The van der Waals surface area contributed by atoms with Gasteiger partial charge in [-0.05, 0) is 26.0 Å². The third-order valence-electron chi connectivity index (χ3n) is 4.53. The topological polar surface area (TPSA) is 77.3 Å². The van der Waals surface area contributed by atoms with Crippen LogP contribution in [0.4, 0.5) is 0 Å². The summed E-state index contributed by atoms with van der Waals surface area (Å²) in [5.74, 6) is 0.327. The zero-order valence-corrected chi connectivity index (χ0v) is 15.0. The molecule has 1 atom stereocenters. The highest BCUT2D eigenvalue weighted by Gasteiger charge is 2.29. The van der Waals surface area contributed by atoms with Gasteiger partial charge in [0.15, 0.2) is 5.78 Å². The minimum Gasteiger partial charge on any atom is -0.490 e. The fourth-order valence-corrected chi connectivity index (χ4v) is 3.19. The molecule has 0 aromatic heterocycles. The maximum absolute atomic E-state index is 11.7. The summed E-state index contributed by atoms with van der Waals surface area (Å²) >= 11 is 0. The number of likely N-dealkylation sites (tertiary alicyclic amines) is 1. The van der Waals surface area contributed by atoms with Crippen molar-refractivity contribution < 1.29 is 29.1 Å². The molecule has 6 heteroatoms. The lowest BCUT2D eigenvalue weighted by Gasteiger charge is -2.29. The van der Waals surface area contributed by atoms with Crippen molar-refractivity contribution >= 4 is 11.8 Å². The van der Waals surface area contributed by atoms with E-state index in [0.29, 0.717) is 24.5 Å². The lowest BCUT2D eigenvalue weighted by molar-refractivity contribution is -0.908. The van der Waals surface area contributed by atoms with Crippen molar-refractivity contribution in [1.82, 2.24) is 0 Å². The summed E-state index contributed by atoms with van der Waals surface area (Å²) in [7, 11) is 0. The summed E-state index contributed by atoms with van der Waals surface area (Å²) in [6.45, 7) is 6.13. The number of benzene rings is 1. The molecule has 1 aromatic rings. The maximum Gasteiger partial charge on any atom is 0.309 e. The minimum absolute atomic E-state index is 0.0143. The number of carbonyl (C=O) groups excluding carboxylic acids is 2. The number of quaternary nitrogens is 1. The Hall–Kier alpha value is -1.92. The number of ether oxygens (including phenoxy) is 2. The second kappa shape index (κ2) is 9.53. The van der Waals surface area contributed by atoms with Crippen molar-refractivity contribution in [3.8, 4) is 5.75 Å². The van der Waals surface area contributed by atoms with Crippen LogP contribution in [0, 0.1) is 5.92 Å². The number of esters is 1. The first-order valence-electron chi connectivity index (χ1n) is 8.92. The standard InChI is InChI=1S/C19H27NO5/c1-3-24-19(23)15-8-10-20(11-9-15)12-16(22)13-25-18-7-5-4-6-17(18)14(2)21/h4-7,15-16,22H,3,8-13H2,1-2H3/p+1/t16-/m0/s1. The fraction of sp³-hybridized carbons (Fsp3) is 0.579. The SMILES string of the molecule is CCOC(=O)C1CC[NH+](C[C@H](O)COc2ccccc2C(C)=O)CC1. The summed E-state index contributed by atoms with van der Waals surface area (Å²) in [5, 5.41) is 10.2. The van der Waals surface area contributed by atoms with E-state index in [1.165, 1.54) is 11.8 Å². The molecular weight excluding hydrogens is 322 g/mol. The summed E-state index contributed by atoms with van der Waals surface area (Å²) in [5.41, 5.74) is 0.525. The van der Waals surface area contributed by atoms with E-state index in [1.807, 2.05) is 6.92 Å². The van der Waals surface area contributed by atoms with Gasteiger partial charge >= 0.3 is 5.97 Å². The van der Waals surface area contributed by atoms with E-state index in [1.54, 1.807) is 24.3 Å². The molecule has 0 aliphatic carbocycles. The Balaban J connectivity index is 1.76. The van der Waals surface area contributed by atoms with Crippen molar-refractivity contribution in [1.29, 1.82) is 0 Å². The number of aliphatic hydroxyl groups excluding tert-OH is 1. The van der Waals surface area contributed by atoms with Crippen molar-refractivity contribution in [2.45, 2.75) is 32.8 Å². The molecule has 1 aliphatic heterocycles. The van der Waals surface area contributed by atoms with E-state index in [-0.39, 0.29) is 24.3 Å². The van der Waals surface area contributed by atoms with Gasteiger partial charge in [-0.1, -0.05) is 12.1 Å². The Morgan fingerprint density at radius 2 is 1.96 bits per heavy atom. The number of carbonyl (C=O) groups is 2. The lowest BCUT2D eigenvalue weighted by Crippen LogP contribution is -3.14. The molecule has 1 heterocycles. The smallest absolute Gasteiger partial charge is 0.309 e. The molecule has 2 N–H and O–H groups in total. The number of ketones is 1. The molecule has 0 unspecified atom stereocenters. The Morgan fingerprint density at radius 1 is 1.28 bits per heavy atom. The number of Topliss-reactive ketones (excluding diaryl/α,β-unsaturated/α-hetero) is 1. The molecule has 1 fully saturated rings. The van der Waals surface area contributed by atoms with Gasteiger partial charge in [0.05, 0.1) is 31.2 Å². The van der Waals surface area contributed by atoms with E-state index in [4.69, 9.17) is 9.47 Å². The number of rotatable bonds is 8. The highest BCUT2D eigenvalue weighted by molar-refractivity contribution is 5.96. The zero-order valence-electron chi connectivity index (χ0n) is 15.0. The van der Waals surface area contributed by atoms with E-state index in [9.17, 15) is 14.7 Å². The van der Waals surface area contributed by atoms with Crippen LogP contribution in [0.2, 0.25) is 0 Å². The number of hydrogen-bond acceptors (Lipinski definition) is 5. The fourth-order valence-electron chi connectivity index (χ4n) is 3.19. The van der Waals surface area contributed by atoms with Crippen LogP contribution in [0.3, 0.4) is 0 Å². The van der Waals surface area contributed by atoms with Crippen LogP contribution in [0.1, 0.15) is 37.0 Å². The van der Waals surface area contributed by atoms with Crippen molar-refractivity contribution in [2.24, 2.45) is 5.92 Å². The average Bonchev–Trinajstić information content (AvgIpc) is 2.61. The van der Waals surface area contributed by atoms with E-state index >= 15 is 0 Å². The molecule has 0 radical (unpaired) electrons. The third-order valence-corrected chi connectivity index (χ3v) is 4.53. The van der Waals surface area contributed by atoms with Gasteiger partial charge in [-0.25, -0.2) is 0 Å². The van der Waals surface area contributed by atoms with Crippen LogP contribution in [0.25, 0.3) is 0 Å². The second-order valence-corrected chi connectivity index (χ2v) is 6.50. The minimum atomic E-state index is -0.617. The number of para-hydroxylation sites is 1. The van der Waals surface area contributed by atoms with Gasteiger partial charge in [0.25, 0.3) is 0 Å². The van der Waals surface area contributed by atoms with Crippen LogP contribution in [0.15, 0.2) is 24.3 Å². The van der Waals surface area contributed by atoms with Crippen molar-refractivity contribution in [2.75, 3.05) is 32.8 Å². The molecular formula is C19H28NO5+. The molecule has 1 saturated heterocycles. The molecule has 0 saturated carbocycles. The molecule has 1 aromatic carbocycles. The Labute approximate surface area is 148 Å². The van der Waals surface area contributed by atoms with Gasteiger partial charge in [0, 0.05) is 12.8 Å². The quantitative estimate of drug-likeness (QED) is 0.527. The number of hydrogen-bond donors (Lipinski definition) is 2. The number of aliphatic hydroxyl groups is 1. The van der Waals surface area contributed by atoms with Crippen LogP contribution in [0.5, 0.6) is 5.75 Å². The Bertz CT molecular complexity index is 581. The van der Waals surface area contributed by atoms with E-state index < -0.39 is 6.10 Å². The van der Waals surface area contributed by atoms with Gasteiger partial charge in [-0.3, -0.25) is 9.59 Å². The van der Waals surface area contributed by atoms with Gasteiger partial charge in [0.2, 0.25) is 0 Å². The van der Waals surface area contributed by atoms with Gasteiger partial charge in [-0.2, -0.15) is 0 Å². The molecule has 25 heavy (non-hydrogen) atoms. The van der Waals surface area contributed by atoms with Gasteiger partial charge in [-0.15, -0.1) is 0 Å². The Kier molecular flexibility index (Phi) is 7.40. The van der Waals surface area contributed by atoms with Crippen LogP contribution in [-0.2, 0) is 9.53 Å². The monoisotopic (exact) mass is 350 g/mol. The van der Waals surface area contributed by atoms with Crippen LogP contribution >= 0.6 is 0 Å². The van der Waals surface area contributed by atoms with Crippen LogP contribution < -0.4 is 9.64 Å². The normalized spacial score (nSPS) is 21.4. The van der Waals surface area contributed by atoms with E-state index in [0.717, 1.165) is 25.9 Å². The first-order valence-corrected chi connectivity index (χ1v) is 8.92. The van der Waals surface area contributed by atoms with Crippen molar-refractivity contribution in [3.63, 3.8) is 0 Å². The molecule has 0 amide bonds. The molecule has 2 rings (SSSR count). The first-order chi connectivity index (χ1) is 12.0. The predicted molar refractivity (Wildman–Crippen MR) is 92.9 cm³/mol. The highest BCUT2D eigenvalue weighted by Crippen LogP contribution is 2.18. The first kappa shape index (κ1) is 19.4. The van der Waals surface area contributed by atoms with Gasteiger partial charge in [0.1, 0.15) is 25.0 Å². The lowest BCUT2D eigenvalue weighted by atomic mass is 9.97. The average molecular weight is 350 g/mol. The Morgan fingerprint density at radius 3 is 2.60 bits per heavy atom. The van der Waals surface area contributed by atoms with E-state index in [2.05, 4.69) is 0 Å². The summed E-state index contributed by atoms with van der Waals surface area (Å²) < 4.78 is 10.7. The molecule has 0 spiro atoms. The maximum atomic E-state index is 11.7.